The van der Waals surface area contributed by atoms with E-state index in [1.54, 1.807) is 13.3 Å². The van der Waals surface area contributed by atoms with Crippen LogP contribution in [0.4, 0.5) is 0 Å². The molecule has 4 nitrogen and oxygen atoms in total. The Morgan fingerprint density at radius 1 is 1.25 bits per heavy atom. The molecule has 106 valence electrons. The van der Waals surface area contributed by atoms with Crippen molar-refractivity contribution >= 4 is 15.9 Å². The fourth-order valence-corrected chi connectivity index (χ4v) is 2.14. The van der Waals surface area contributed by atoms with E-state index in [-0.39, 0.29) is 6.04 Å². The van der Waals surface area contributed by atoms with Gasteiger partial charge in [0.05, 0.1) is 23.5 Å². The monoisotopic (exact) mass is 336 g/mol. The molecule has 0 aliphatic heterocycles. The average molecular weight is 337 g/mol. The third-order valence-electron chi connectivity index (χ3n) is 2.95. The summed E-state index contributed by atoms with van der Waals surface area (Å²) in [6, 6.07) is 9.26. The summed E-state index contributed by atoms with van der Waals surface area (Å²) in [5.41, 5.74) is 6.80. The number of ether oxygens (including phenoxy) is 2. The molecule has 20 heavy (non-hydrogen) atoms. The first-order valence-electron chi connectivity index (χ1n) is 6.37. The van der Waals surface area contributed by atoms with Crippen molar-refractivity contribution in [3.8, 4) is 17.2 Å². The second-order valence-corrected chi connectivity index (χ2v) is 5.19. The van der Waals surface area contributed by atoms with Crippen molar-refractivity contribution < 1.29 is 9.47 Å². The van der Waals surface area contributed by atoms with Gasteiger partial charge in [-0.3, -0.25) is 4.98 Å². The van der Waals surface area contributed by atoms with Crippen LogP contribution in [0.15, 0.2) is 41.0 Å². The van der Waals surface area contributed by atoms with Crippen LogP contribution < -0.4 is 15.2 Å². The highest BCUT2D eigenvalue weighted by molar-refractivity contribution is 9.10. The molecule has 0 fully saturated rings. The number of halogens is 1. The van der Waals surface area contributed by atoms with Crippen LogP contribution in [0.5, 0.6) is 17.2 Å². The van der Waals surface area contributed by atoms with Crippen LogP contribution in [0.2, 0.25) is 0 Å². The summed E-state index contributed by atoms with van der Waals surface area (Å²) in [6.45, 7) is 2.03. The van der Waals surface area contributed by atoms with E-state index in [0.717, 1.165) is 22.3 Å². The summed E-state index contributed by atoms with van der Waals surface area (Å²) in [5.74, 6) is 2.15. The third-order valence-corrected chi connectivity index (χ3v) is 3.57. The van der Waals surface area contributed by atoms with Gasteiger partial charge in [0, 0.05) is 6.04 Å². The maximum atomic E-state index is 5.93. The second kappa shape index (κ2) is 6.72. The van der Waals surface area contributed by atoms with Crippen LogP contribution in [0.1, 0.15) is 25.1 Å². The molecule has 1 heterocycles. The molecule has 2 N–H and O–H groups in total. The molecule has 0 unspecified atom stereocenters. The number of hydrogen-bond acceptors (Lipinski definition) is 4. The highest BCUT2D eigenvalue weighted by Crippen LogP contribution is 2.32. The van der Waals surface area contributed by atoms with Gasteiger partial charge in [0.15, 0.2) is 0 Å². The van der Waals surface area contributed by atoms with Crippen molar-refractivity contribution in [1.29, 1.82) is 0 Å². The lowest BCUT2D eigenvalue weighted by Gasteiger charge is -2.11. The quantitative estimate of drug-likeness (QED) is 0.894. The Bertz CT molecular complexity index is 573. The fourth-order valence-electron chi connectivity index (χ4n) is 1.70. The first kappa shape index (κ1) is 14.8. The smallest absolute Gasteiger partial charge is 0.145 e. The van der Waals surface area contributed by atoms with Crippen LogP contribution >= 0.6 is 15.9 Å². The highest BCUT2D eigenvalue weighted by Gasteiger charge is 2.07. The van der Waals surface area contributed by atoms with Crippen molar-refractivity contribution in [3.05, 3.63) is 46.7 Å². The highest BCUT2D eigenvalue weighted by atomic mass is 79.9. The number of hydrogen-bond donors (Lipinski definition) is 1. The van der Waals surface area contributed by atoms with Crippen LogP contribution in [0, 0.1) is 0 Å². The van der Waals surface area contributed by atoms with E-state index in [1.165, 1.54) is 0 Å². The minimum absolute atomic E-state index is 0.0308. The van der Waals surface area contributed by atoms with Gasteiger partial charge < -0.3 is 15.2 Å². The van der Waals surface area contributed by atoms with Gasteiger partial charge in [0.1, 0.15) is 17.2 Å². The predicted octanol–water partition coefficient (Wildman–Crippen LogP) is 4.05. The maximum absolute atomic E-state index is 5.93. The molecule has 0 radical (unpaired) electrons. The zero-order valence-corrected chi connectivity index (χ0v) is 13.1. The first-order valence-corrected chi connectivity index (χ1v) is 7.16. The summed E-state index contributed by atoms with van der Waals surface area (Å²) < 4.78 is 11.7. The van der Waals surface area contributed by atoms with Crippen molar-refractivity contribution in [3.63, 3.8) is 0 Å². The summed E-state index contributed by atoms with van der Waals surface area (Å²) in [5, 5.41) is 0. The molecule has 2 aromatic rings. The number of methoxy groups -OCH3 is 1. The number of pyridine rings is 1. The van der Waals surface area contributed by atoms with Crippen LogP contribution in [0.25, 0.3) is 0 Å². The van der Waals surface area contributed by atoms with Crippen molar-refractivity contribution in [2.24, 2.45) is 5.73 Å². The predicted molar refractivity (Wildman–Crippen MR) is 82.2 cm³/mol. The third kappa shape index (κ3) is 3.49. The SMILES string of the molecule is CC[C@H](N)c1ccc(Oc2ccc(OC)cc2Br)cn1. The van der Waals surface area contributed by atoms with Gasteiger partial charge in [-0.1, -0.05) is 6.92 Å². The van der Waals surface area contributed by atoms with E-state index in [2.05, 4.69) is 20.9 Å². The van der Waals surface area contributed by atoms with Gasteiger partial charge in [-0.05, 0) is 52.7 Å². The largest absolute Gasteiger partial charge is 0.497 e. The molecule has 2 rings (SSSR count). The number of nitrogens with zero attached hydrogens (tertiary/aromatic N) is 1. The van der Waals surface area contributed by atoms with E-state index in [4.69, 9.17) is 15.2 Å². The fraction of sp³-hybridized carbons (Fsp3) is 0.267. The van der Waals surface area contributed by atoms with Crippen molar-refractivity contribution in [2.45, 2.75) is 19.4 Å². The number of benzene rings is 1. The molecule has 1 aromatic carbocycles. The Labute approximate surface area is 127 Å². The molecule has 0 amide bonds. The molecule has 0 saturated heterocycles. The van der Waals surface area contributed by atoms with Crippen LogP contribution in [0.3, 0.4) is 0 Å². The Hall–Kier alpha value is -1.59. The minimum atomic E-state index is -0.0308. The lowest BCUT2D eigenvalue weighted by atomic mass is 10.1. The normalized spacial score (nSPS) is 12.0. The summed E-state index contributed by atoms with van der Waals surface area (Å²) >= 11 is 3.45. The molecule has 0 bridgehead atoms. The molecular formula is C15H17BrN2O2. The first-order chi connectivity index (χ1) is 9.63. The summed E-state index contributed by atoms with van der Waals surface area (Å²) in [6.07, 6.45) is 2.54. The Balaban J connectivity index is 2.14. The molecule has 0 spiro atoms. The molecule has 1 aromatic heterocycles. The van der Waals surface area contributed by atoms with Gasteiger partial charge in [0.25, 0.3) is 0 Å². The van der Waals surface area contributed by atoms with Gasteiger partial charge in [-0.2, -0.15) is 0 Å². The maximum Gasteiger partial charge on any atom is 0.145 e. The Morgan fingerprint density at radius 3 is 2.55 bits per heavy atom. The summed E-state index contributed by atoms with van der Waals surface area (Å²) in [4.78, 5) is 4.32. The number of aromatic nitrogens is 1. The standard InChI is InChI=1S/C15H17BrN2O2/c1-3-13(17)14-6-4-11(9-18-14)20-15-7-5-10(19-2)8-12(15)16/h4-9,13H,3,17H2,1-2H3/t13-/m0/s1. The molecule has 5 heteroatoms. The molecule has 0 saturated carbocycles. The minimum Gasteiger partial charge on any atom is -0.497 e. The topological polar surface area (TPSA) is 57.4 Å². The van der Waals surface area contributed by atoms with E-state index < -0.39 is 0 Å². The van der Waals surface area contributed by atoms with E-state index in [9.17, 15) is 0 Å². The van der Waals surface area contributed by atoms with Crippen molar-refractivity contribution in [1.82, 2.24) is 4.98 Å². The Morgan fingerprint density at radius 2 is 2.00 bits per heavy atom. The average Bonchev–Trinajstić information content (AvgIpc) is 2.49. The second-order valence-electron chi connectivity index (χ2n) is 4.33. The van der Waals surface area contributed by atoms with E-state index in [1.807, 2.05) is 37.3 Å². The zero-order valence-electron chi connectivity index (χ0n) is 11.5. The molecular weight excluding hydrogens is 320 g/mol. The molecule has 1 atom stereocenters. The number of rotatable bonds is 5. The zero-order chi connectivity index (χ0) is 14.5. The van der Waals surface area contributed by atoms with Gasteiger partial charge in [0.2, 0.25) is 0 Å². The van der Waals surface area contributed by atoms with Crippen LogP contribution in [-0.4, -0.2) is 12.1 Å². The van der Waals surface area contributed by atoms with Crippen molar-refractivity contribution in [2.75, 3.05) is 7.11 Å². The molecule has 0 aliphatic carbocycles. The van der Waals surface area contributed by atoms with E-state index in [0.29, 0.717) is 11.5 Å². The lowest BCUT2D eigenvalue weighted by molar-refractivity contribution is 0.412. The van der Waals surface area contributed by atoms with Gasteiger partial charge in [-0.15, -0.1) is 0 Å². The Kier molecular flexibility index (Phi) is 4.98. The van der Waals surface area contributed by atoms with Gasteiger partial charge >= 0.3 is 0 Å². The summed E-state index contributed by atoms with van der Waals surface area (Å²) in [7, 11) is 1.63. The van der Waals surface area contributed by atoms with Gasteiger partial charge in [-0.25, -0.2) is 0 Å². The molecule has 0 aliphatic rings. The lowest BCUT2D eigenvalue weighted by Crippen LogP contribution is -2.10. The number of nitrogens with two attached hydrogens (primary N) is 1. The van der Waals surface area contributed by atoms with E-state index >= 15 is 0 Å². The van der Waals surface area contributed by atoms with Crippen LogP contribution in [-0.2, 0) is 0 Å².